The number of carbonyl (C=O) groups is 2. The van der Waals surface area contributed by atoms with E-state index in [2.05, 4.69) is 17.4 Å². The lowest BCUT2D eigenvalue weighted by molar-refractivity contribution is -0.133. The molecule has 0 saturated heterocycles. The molecular weight excluding hydrogens is 258 g/mol. The van der Waals surface area contributed by atoms with Crippen molar-refractivity contribution >= 4 is 18.2 Å². The van der Waals surface area contributed by atoms with E-state index in [1.54, 1.807) is 0 Å². The minimum atomic E-state index is -0.577. The van der Waals surface area contributed by atoms with Crippen LogP contribution in [-0.2, 0) is 9.59 Å². The van der Waals surface area contributed by atoms with Crippen LogP contribution in [0, 0.1) is 5.92 Å². The highest BCUT2D eigenvalue weighted by molar-refractivity contribution is 5.93. The molecule has 0 fully saturated rings. The molecule has 6 nitrogen and oxygen atoms in total. The summed E-state index contributed by atoms with van der Waals surface area (Å²) in [6.07, 6.45) is 4.55. The molecule has 0 aromatic heterocycles. The van der Waals surface area contributed by atoms with E-state index < -0.39 is 6.04 Å². The molecule has 20 heavy (non-hydrogen) atoms. The van der Waals surface area contributed by atoms with Crippen molar-refractivity contribution in [1.82, 2.24) is 10.2 Å². The molecule has 0 heterocycles. The van der Waals surface area contributed by atoms with Crippen molar-refractivity contribution in [1.29, 1.82) is 0 Å². The van der Waals surface area contributed by atoms with Gasteiger partial charge < -0.3 is 10.5 Å². The Morgan fingerprint density at radius 3 is 2.45 bits per heavy atom. The smallest absolute Gasteiger partial charge is 0.250 e. The highest BCUT2D eigenvalue weighted by Gasteiger charge is 2.25. The molecule has 1 atom stereocenters. The Labute approximate surface area is 121 Å². The fraction of sp³-hybridized carbons (Fsp3) is 0.786. The van der Waals surface area contributed by atoms with Crippen molar-refractivity contribution in [3.8, 4) is 0 Å². The van der Waals surface area contributed by atoms with E-state index in [-0.39, 0.29) is 17.7 Å². The second-order valence-corrected chi connectivity index (χ2v) is 5.35. The van der Waals surface area contributed by atoms with Crippen LogP contribution >= 0.6 is 0 Å². The third-order valence-electron chi connectivity index (χ3n) is 2.86. The maximum Gasteiger partial charge on any atom is 0.250 e. The zero-order valence-electron chi connectivity index (χ0n) is 12.9. The molecule has 0 unspecified atom stereocenters. The van der Waals surface area contributed by atoms with Gasteiger partial charge in [-0.1, -0.05) is 38.8 Å². The minimum Gasteiger partial charge on any atom is -0.410 e. The first kappa shape index (κ1) is 18.4. The summed E-state index contributed by atoms with van der Waals surface area (Å²) < 4.78 is 0. The Morgan fingerprint density at radius 1 is 1.35 bits per heavy atom. The van der Waals surface area contributed by atoms with Gasteiger partial charge in [-0.15, -0.1) is 0 Å². The van der Waals surface area contributed by atoms with Crippen LogP contribution in [0.15, 0.2) is 5.16 Å². The molecule has 2 N–H and O–H groups in total. The average Bonchev–Trinajstić information content (AvgIpc) is 2.35. The average molecular weight is 285 g/mol. The SMILES string of the molecule is CCCCCN(C=NO)C(=O)[C@H](CC(C)C)NC(C)=O. The first-order valence-corrected chi connectivity index (χ1v) is 7.17. The third kappa shape index (κ3) is 7.76. The number of rotatable bonds is 9. The molecule has 0 rings (SSSR count). The van der Waals surface area contributed by atoms with E-state index in [9.17, 15) is 9.59 Å². The van der Waals surface area contributed by atoms with Gasteiger partial charge in [0.2, 0.25) is 11.8 Å². The van der Waals surface area contributed by atoms with E-state index in [0.29, 0.717) is 13.0 Å². The Balaban J connectivity index is 4.79. The van der Waals surface area contributed by atoms with Gasteiger partial charge in [-0.3, -0.25) is 14.5 Å². The number of hydrogen-bond acceptors (Lipinski definition) is 4. The molecule has 0 aliphatic heterocycles. The van der Waals surface area contributed by atoms with Gasteiger partial charge >= 0.3 is 0 Å². The molecule has 0 aliphatic carbocycles. The predicted octanol–water partition coefficient (Wildman–Crippen LogP) is 1.97. The van der Waals surface area contributed by atoms with Crippen molar-refractivity contribution in [2.75, 3.05) is 6.54 Å². The summed E-state index contributed by atoms with van der Waals surface area (Å²) in [5, 5.41) is 14.3. The monoisotopic (exact) mass is 285 g/mol. The standard InChI is InChI=1S/C14H27N3O3/c1-5-6-7-8-17(10-15-20)14(19)13(9-11(2)3)16-12(4)18/h10-11,13,20H,5-9H2,1-4H3,(H,16,18)/t13-/m0/s1. The maximum atomic E-state index is 12.4. The molecule has 116 valence electrons. The van der Waals surface area contributed by atoms with E-state index >= 15 is 0 Å². The first-order chi connectivity index (χ1) is 9.42. The summed E-state index contributed by atoms with van der Waals surface area (Å²) in [6.45, 7) is 7.94. The first-order valence-electron chi connectivity index (χ1n) is 7.17. The van der Waals surface area contributed by atoms with Gasteiger partial charge in [0, 0.05) is 13.5 Å². The van der Waals surface area contributed by atoms with Crippen LogP contribution in [0.4, 0.5) is 0 Å². The van der Waals surface area contributed by atoms with E-state index in [1.807, 2.05) is 13.8 Å². The molecule has 0 saturated carbocycles. The lowest BCUT2D eigenvalue weighted by Gasteiger charge is -2.25. The van der Waals surface area contributed by atoms with Gasteiger partial charge in [0.1, 0.15) is 12.4 Å². The fourth-order valence-corrected chi connectivity index (χ4v) is 1.96. The fourth-order valence-electron chi connectivity index (χ4n) is 1.96. The Bertz CT molecular complexity index is 330. The van der Waals surface area contributed by atoms with Crippen LogP contribution in [0.2, 0.25) is 0 Å². The van der Waals surface area contributed by atoms with Crippen LogP contribution in [0.5, 0.6) is 0 Å². The predicted molar refractivity (Wildman–Crippen MR) is 78.6 cm³/mol. The van der Waals surface area contributed by atoms with Crippen molar-refractivity contribution in [3.05, 3.63) is 0 Å². The number of hydrogen-bond donors (Lipinski definition) is 2. The Hall–Kier alpha value is -1.59. The number of amides is 2. The molecule has 6 heteroatoms. The van der Waals surface area contributed by atoms with Gasteiger partial charge in [-0.25, -0.2) is 0 Å². The molecular formula is C14H27N3O3. The van der Waals surface area contributed by atoms with E-state index in [1.165, 1.54) is 11.8 Å². The van der Waals surface area contributed by atoms with Crippen molar-refractivity contribution in [3.63, 3.8) is 0 Å². The normalized spacial score (nSPS) is 12.7. The number of nitrogens with one attached hydrogen (secondary N) is 1. The summed E-state index contributed by atoms with van der Waals surface area (Å²) in [5.41, 5.74) is 0. The molecule has 0 spiro atoms. The topological polar surface area (TPSA) is 82.0 Å². The van der Waals surface area contributed by atoms with Crippen molar-refractivity contribution < 1.29 is 14.8 Å². The van der Waals surface area contributed by atoms with Crippen LogP contribution < -0.4 is 5.32 Å². The van der Waals surface area contributed by atoms with Crippen LogP contribution in [0.1, 0.15) is 53.4 Å². The molecule has 0 aliphatic rings. The second kappa shape index (κ2) is 10.2. The largest absolute Gasteiger partial charge is 0.410 e. The van der Waals surface area contributed by atoms with Gasteiger partial charge in [0.15, 0.2) is 0 Å². The number of oxime groups is 1. The highest BCUT2D eigenvalue weighted by Crippen LogP contribution is 2.09. The third-order valence-corrected chi connectivity index (χ3v) is 2.86. The van der Waals surface area contributed by atoms with Crippen LogP contribution in [0.25, 0.3) is 0 Å². The number of nitrogens with zero attached hydrogens (tertiary/aromatic N) is 2. The highest BCUT2D eigenvalue weighted by atomic mass is 16.4. The minimum absolute atomic E-state index is 0.234. The summed E-state index contributed by atoms with van der Waals surface area (Å²) in [6, 6.07) is -0.577. The lowest BCUT2D eigenvalue weighted by atomic mass is 10.0. The summed E-state index contributed by atoms with van der Waals surface area (Å²) in [5.74, 6) is -0.194. The van der Waals surface area contributed by atoms with E-state index in [0.717, 1.165) is 25.6 Å². The van der Waals surface area contributed by atoms with Crippen molar-refractivity contribution in [2.24, 2.45) is 11.1 Å². The van der Waals surface area contributed by atoms with E-state index in [4.69, 9.17) is 5.21 Å². The molecule has 0 aromatic carbocycles. The summed E-state index contributed by atoms with van der Waals surface area (Å²) >= 11 is 0. The van der Waals surface area contributed by atoms with Gasteiger partial charge in [0.25, 0.3) is 0 Å². The summed E-state index contributed by atoms with van der Waals surface area (Å²) in [7, 11) is 0. The molecule has 0 bridgehead atoms. The number of unbranched alkanes of at least 4 members (excludes halogenated alkanes) is 2. The molecule has 2 amide bonds. The van der Waals surface area contributed by atoms with Gasteiger partial charge in [0.05, 0.1) is 0 Å². The second-order valence-electron chi connectivity index (χ2n) is 5.35. The molecule has 0 radical (unpaired) electrons. The van der Waals surface area contributed by atoms with Crippen molar-refractivity contribution in [2.45, 2.75) is 59.4 Å². The Kier molecular flexibility index (Phi) is 9.41. The van der Waals surface area contributed by atoms with Gasteiger partial charge in [-0.2, -0.15) is 0 Å². The Morgan fingerprint density at radius 2 is 2.00 bits per heavy atom. The molecule has 0 aromatic rings. The van der Waals surface area contributed by atoms with Crippen LogP contribution in [0.3, 0.4) is 0 Å². The zero-order chi connectivity index (χ0) is 15.5. The zero-order valence-corrected chi connectivity index (χ0v) is 12.9. The lowest BCUT2D eigenvalue weighted by Crippen LogP contribution is -2.48. The maximum absolute atomic E-state index is 12.4. The number of carbonyl (C=O) groups excluding carboxylic acids is 2. The van der Waals surface area contributed by atoms with Crippen LogP contribution in [-0.4, -0.2) is 40.8 Å². The van der Waals surface area contributed by atoms with Gasteiger partial charge in [-0.05, 0) is 18.8 Å². The summed E-state index contributed by atoms with van der Waals surface area (Å²) in [4.78, 5) is 25.0. The quantitative estimate of drug-likeness (QED) is 0.223.